The Labute approximate surface area is 429 Å². The van der Waals surface area contributed by atoms with Gasteiger partial charge in [-0.05, 0) is 25.7 Å². The van der Waals surface area contributed by atoms with Gasteiger partial charge >= 0.3 is 11.9 Å². The number of hydrogen-bond donors (Lipinski definition) is 0. The number of esters is 2. The average molecular weight is 962 g/mol. The van der Waals surface area contributed by atoms with E-state index in [0.29, 0.717) is 26.1 Å². The molecule has 4 nitrogen and oxygen atoms in total. The van der Waals surface area contributed by atoms with E-state index >= 15 is 0 Å². The monoisotopic (exact) mass is 961 g/mol. The maximum absolute atomic E-state index is 11.9. The van der Waals surface area contributed by atoms with Gasteiger partial charge in [-0.2, -0.15) is 0 Å². The van der Waals surface area contributed by atoms with E-state index < -0.39 is 0 Å². The van der Waals surface area contributed by atoms with Crippen LogP contribution >= 0.6 is 0 Å². The number of unbranched alkanes of at least 4 members (excludes halogenated alkanes) is 50. The summed E-state index contributed by atoms with van der Waals surface area (Å²) in [5.74, 6) is 0.0496. The molecule has 0 heterocycles. The van der Waals surface area contributed by atoms with Crippen molar-refractivity contribution in [2.24, 2.45) is 0 Å². The van der Waals surface area contributed by atoms with Crippen LogP contribution in [0.25, 0.3) is 0 Å². The summed E-state index contributed by atoms with van der Waals surface area (Å²) in [5, 5.41) is 0. The zero-order valence-corrected chi connectivity index (χ0v) is 47.6. The minimum absolute atomic E-state index is 0.0236. The fourth-order valence-electron chi connectivity index (χ4n) is 9.68. The lowest BCUT2D eigenvalue weighted by atomic mass is 10.0. The Morgan fingerprint density at radius 2 is 0.324 bits per heavy atom. The first-order valence-corrected chi connectivity index (χ1v) is 31.9. The topological polar surface area (TPSA) is 52.6 Å². The summed E-state index contributed by atoms with van der Waals surface area (Å²) in [4.78, 5) is 23.7. The molecule has 0 amide bonds. The highest BCUT2D eigenvalue weighted by atomic mass is 16.5. The van der Waals surface area contributed by atoms with Gasteiger partial charge in [0.05, 0.1) is 13.2 Å². The highest BCUT2D eigenvalue weighted by Crippen LogP contribution is 2.18. The van der Waals surface area contributed by atoms with Crippen LogP contribution in [0.3, 0.4) is 0 Å². The summed E-state index contributed by atoms with van der Waals surface area (Å²) in [5.41, 5.74) is 0. The molecule has 0 fully saturated rings. The van der Waals surface area contributed by atoms with Gasteiger partial charge in [0.2, 0.25) is 0 Å². The Balaban J connectivity index is 0. The molecule has 0 aliphatic rings. The molecular weight excluding hydrogens is 833 g/mol. The zero-order chi connectivity index (χ0) is 49.6. The van der Waals surface area contributed by atoms with Gasteiger partial charge in [0, 0.05) is 12.8 Å². The second kappa shape index (κ2) is 65.9. The van der Waals surface area contributed by atoms with Crippen molar-refractivity contribution in [2.45, 2.75) is 387 Å². The second-order valence-electron chi connectivity index (χ2n) is 21.6. The number of carbonyl (C=O) groups excluding carboxylic acids is 2. The van der Waals surface area contributed by atoms with Crippen molar-refractivity contribution in [2.75, 3.05) is 13.2 Å². The van der Waals surface area contributed by atoms with Crippen LogP contribution in [-0.4, -0.2) is 25.2 Å². The van der Waals surface area contributed by atoms with Crippen LogP contribution in [0.2, 0.25) is 0 Å². The summed E-state index contributed by atoms with van der Waals surface area (Å²) in [6, 6.07) is 0. The van der Waals surface area contributed by atoms with E-state index in [1.807, 2.05) is 0 Å². The predicted octanol–water partition coefficient (Wildman–Crippen LogP) is 23.0. The van der Waals surface area contributed by atoms with Gasteiger partial charge in [-0.3, -0.25) is 9.59 Å². The minimum Gasteiger partial charge on any atom is -0.466 e. The minimum atomic E-state index is 0.0236. The lowest BCUT2D eigenvalue weighted by molar-refractivity contribution is -0.144. The summed E-state index contributed by atoms with van der Waals surface area (Å²) in [6.07, 6.45) is 74.4. The van der Waals surface area contributed by atoms with Crippen molar-refractivity contribution in [3.63, 3.8) is 0 Å². The van der Waals surface area contributed by atoms with Crippen molar-refractivity contribution in [1.29, 1.82) is 0 Å². The van der Waals surface area contributed by atoms with Crippen LogP contribution in [0.1, 0.15) is 387 Å². The largest absolute Gasteiger partial charge is 0.466 e. The zero-order valence-electron chi connectivity index (χ0n) is 47.6. The third kappa shape index (κ3) is 67.0. The van der Waals surface area contributed by atoms with Crippen molar-refractivity contribution in [3.8, 4) is 0 Å². The molecular formula is C64H128O4. The average Bonchev–Trinajstić information content (AvgIpc) is 3.34. The molecule has 0 saturated carbocycles. The maximum atomic E-state index is 11.9. The van der Waals surface area contributed by atoms with Gasteiger partial charge in [0.1, 0.15) is 0 Å². The van der Waals surface area contributed by atoms with Gasteiger partial charge in [-0.15, -0.1) is 0 Å². The first kappa shape index (κ1) is 69.0. The predicted molar refractivity (Wildman–Crippen MR) is 303 cm³/mol. The van der Waals surface area contributed by atoms with E-state index in [1.54, 1.807) is 0 Å². The Morgan fingerprint density at radius 3 is 0.485 bits per heavy atom. The van der Waals surface area contributed by atoms with Crippen LogP contribution in [0, 0.1) is 0 Å². The van der Waals surface area contributed by atoms with Crippen molar-refractivity contribution < 1.29 is 19.1 Å². The molecule has 0 aliphatic heterocycles. The molecule has 0 radical (unpaired) electrons. The van der Waals surface area contributed by atoms with Crippen molar-refractivity contribution >= 4 is 11.9 Å². The van der Waals surface area contributed by atoms with Crippen LogP contribution in [-0.2, 0) is 19.1 Å². The van der Waals surface area contributed by atoms with Gasteiger partial charge in [0.15, 0.2) is 0 Å². The molecule has 0 spiro atoms. The highest BCUT2D eigenvalue weighted by Gasteiger charge is 2.05. The van der Waals surface area contributed by atoms with Gasteiger partial charge < -0.3 is 9.47 Å². The molecule has 68 heavy (non-hydrogen) atoms. The van der Waals surface area contributed by atoms with Crippen molar-refractivity contribution in [3.05, 3.63) is 0 Å². The molecule has 0 aromatic rings. The van der Waals surface area contributed by atoms with Crippen LogP contribution in [0.5, 0.6) is 0 Å². The van der Waals surface area contributed by atoms with E-state index in [0.717, 1.165) is 25.7 Å². The lowest BCUT2D eigenvalue weighted by Crippen LogP contribution is -2.05. The summed E-state index contributed by atoms with van der Waals surface area (Å²) in [7, 11) is 0. The molecule has 0 aliphatic carbocycles. The van der Waals surface area contributed by atoms with E-state index in [4.69, 9.17) is 9.47 Å². The van der Waals surface area contributed by atoms with Gasteiger partial charge in [-0.1, -0.05) is 349 Å². The summed E-state index contributed by atoms with van der Waals surface area (Å²) in [6.45, 7) is 10.4. The lowest BCUT2D eigenvalue weighted by Gasteiger charge is -2.06. The second-order valence-corrected chi connectivity index (χ2v) is 21.6. The standard InChI is InChI=1S/C33H66O2.C31H62O2/c1-3-5-7-9-11-13-15-16-17-18-19-20-21-23-25-27-29-31-33(34)35-32-30-28-26-24-22-14-12-10-8-6-4-2;1-3-5-7-9-11-13-14-15-16-17-18-19-20-21-23-25-27-29-31(32)33-30-28-26-24-22-12-10-8-6-4-2/h3-32H2,1-2H3;3-30H2,1-2H3. The molecule has 0 aromatic carbocycles. The smallest absolute Gasteiger partial charge is 0.305 e. The van der Waals surface area contributed by atoms with Crippen LogP contribution in [0.15, 0.2) is 0 Å². The molecule has 0 N–H and O–H groups in total. The molecule has 408 valence electrons. The van der Waals surface area contributed by atoms with Crippen molar-refractivity contribution in [1.82, 2.24) is 0 Å². The maximum Gasteiger partial charge on any atom is 0.305 e. The normalized spacial score (nSPS) is 11.2. The first-order chi connectivity index (χ1) is 33.6. The number of hydrogen-bond acceptors (Lipinski definition) is 4. The third-order valence-corrected chi connectivity index (χ3v) is 14.5. The molecule has 0 aromatic heterocycles. The number of carbonyl (C=O) groups is 2. The molecule has 0 rings (SSSR count). The first-order valence-electron chi connectivity index (χ1n) is 31.9. The Kier molecular flexibility index (Phi) is 66.9. The molecule has 0 atom stereocenters. The SMILES string of the molecule is CCCCCCCCCCCCCCCCCCCC(=O)OCCCCCCCCCCC.CCCCCCCCCCCCCCCCCCCC(=O)OCCCCCCCCCCCCC. The molecule has 4 heteroatoms. The van der Waals surface area contributed by atoms with E-state index in [-0.39, 0.29) is 11.9 Å². The summed E-state index contributed by atoms with van der Waals surface area (Å²) < 4.78 is 10.8. The number of rotatable bonds is 58. The fourth-order valence-corrected chi connectivity index (χ4v) is 9.68. The van der Waals surface area contributed by atoms with E-state index in [2.05, 4.69) is 27.7 Å². The Hall–Kier alpha value is -1.06. The van der Waals surface area contributed by atoms with Gasteiger partial charge in [-0.25, -0.2) is 0 Å². The van der Waals surface area contributed by atoms with E-state index in [9.17, 15) is 9.59 Å². The fraction of sp³-hybridized carbons (Fsp3) is 0.969. The van der Waals surface area contributed by atoms with E-state index in [1.165, 1.54) is 321 Å². The summed E-state index contributed by atoms with van der Waals surface area (Å²) >= 11 is 0. The Bertz CT molecular complexity index is 902. The highest BCUT2D eigenvalue weighted by molar-refractivity contribution is 5.69. The Morgan fingerprint density at radius 1 is 0.191 bits per heavy atom. The third-order valence-electron chi connectivity index (χ3n) is 14.5. The molecule has 0 bridgehead atoms. The van der Waals surface area contributed by atoms with Crippen LogP contribution in [0.4, 0.5) is 0 Å². The molecule has 0 saturated heterocycles. The van der Waals surface area contributed by atoms with Gasteiger partial charge in [0.25, 0.3) is 0 Å². The number of ether oxygens (including phenoxy) is 2. The quantitative estimate of drug-likeness (QED) is 0.0450. The molecule has 0 unspecified atom stereocenters. The van der Waals surface area contributed by atoms with Crippen LogP contribution < -0.4 is 0 Å².